The molecule has 0 aromatic heterocycles. The summed E-state index contributed by atoms with van der Waals surface area (Å²) >= 11 is 0. The van der Waals surface area contributed by atoms with E-state index in [0.29, 0.717) is 6.42 Å². The number of hydrogen-bond donors (Lipinski definition) is 1. The van der Waals surface area contributed by atoms with E-state index in [1.807, 2.05) is 12.2 Å². The fourth-order valence-electron chi connectivity index (χ4n) is 1.94. The minimum absolute atomic E-state index is 0.229. The predicted octanol–water partition coefficient (Wildman–Crippen LogP) is 5.98. The maximum atomic E-state index is 10.3. The molecule has 0 rings (SSSR count). The molecular weight excluding hydrogens is 272 g/mol. The monoisotopic (exact) mass is 302 g/mol. The van der Waals surface area contributed by atoms with Crippen LogP contribution in [0.15, 0.2) is 54.8 Å². The van der Waals surface area contributed by atoms with Crippen molar-refractivity contribution in [3.63, 3.8) is 0 Å². The third-order valence-corrected chi connectivity index (χ3v) is 3.16. The van der Waals surface area contributed by atoms with Crippen LogP contribution in [-0.4, -0.2) is 11.1 Å². The molecule has 2 nitrogen and oxygen atoms in total. The molecule has 0 aromatic rings. The highest BCUT2D eigenvalue weighted by Crippen LogP contribution is 2.05. The van der Waals surface area contributed by atoms with Crippen LogP contribution in [0.1, 0.15) is 64.2 Å². The van der Waals surface area contributed by atoms with Gasteiger partial charge in [0.2, 0.25) is 0 Å². The van der Waals surface area contributed by atoms with E-state index in [-0.39, 0.29) is 6.42 Å². The van der Waals surface area contributed by atoms with Gasteiger partial charge in [-0.2, -0.15) is 0 Å². The van der Waals surface area contributed by atoms with Crippen LogP contribution in [0.5, 0.6) is 0 Å². The molecule has 0 atom stereocenters. The van der Waals surface area contributed by atoms with Gasteiger partial charge in [-0.1, -0.05) is 49.5 Å². The molecule has 2 heteroatoms. The first kappa shape index (κ1) is 20.2. The Balaban J connectivity index is 3.29. The van der Waals surface area contributed by atoms with Gasteiger partial charge in [0, 0.05) is 6.42 Å². The van der Waals surface area contributed by atoms with Crippen LogP contribution in [0.25, 0.3) is 0 Å². The summed E-state index contributed by atoms with van der Waals surface area (Å²) in [6, 6.07) is 0. The fourth-order valence-corrected chi connectivity index (χ4v) is 1.94. The quantitative estimate of drug-likeness (QED) is 0.243. The van der Waals surface area contributed by atoms with E-state index in [1.165, 1.54) is 19.3 Å². The smallest absolute Gasteiger partial charge is 0.303 e. The summed E-state index contributed by atoms with van der Waals surface area (Å²) in [6.45, 7) is 3.53. The summed E-state index contributed by atoms with van der Waals surface area (Å²) in [6.07, 6.45) is 24.8. The Morgan fingerprint density at radius 3 is 1.95 bits per heavy atom. The second-order valence-corrected chi connectivity index (χ2v) is 5.21. The molecular formula is C20H30O2. The minimum Gasteiger partial charge on any atom is -0.481 e. The third-order valence-electron chi connectivity index (χ3n) is 3.16. The molecule has 0 heterocycles. The lowest BCUT2D eigenvalue weighted by Gasteiger charge is -1.95. The van der Waals surface area contributed by atoms with Crippen molar-refractivity contribution in [2.75, 3.05) is 0 Å². The Morgan fingerprint density at radius 2 is 1.36 bits per heavy atom. The van der Waals surface area contributed by atoms with E-state index < -0.39 is 5.97 Å². The standard InChI is InChI=1S/C20H30O2/c1-2-3-4-5-6-7-8-9-10-11-12-13-14-15-16-17-18-19-20(21)22/h3,5-6,12-13,16-17H,1,4,7-11,14-15,18-19H2,(H,21,22). The van der Waals surface area contributed by atoms with Crippen LogP contribution in [0.4, 0.5) is 0 Å². The van der Waals surface area contributed by atoms with Gasteiger partial charge < -0.3 is 5.11 Å². The normalized spacial score (nSPS) is 11.5. The van der Waals surface area contributed by atoms with Crippen molar-refractivity contribution < 1.29 is 9.90 Å². The topological polar surface area (TPSA) is 37.3 Å². The van der Waals surface area contributed by atoms with E-state index in [1.54, 1.807) is 0 Å². The maximum Gasteiger partial charge on any atom is 0.303 e. The Morgan fingerprint density at radius 1 is 0.818 bits per heavy atom. The zero-order chi connectivity index (χ0) is 16.3. The van der Waals surface area contributed by atoms with Crippen molar-refractivity contribution in [2.45, 2.75) is 64.2 Å². The van der Waals surface area contributed by atoms with Gasteiger partial charge in [-0.15, -0.1) is 5.73 Å². The van der Waals surface area contributed by atoms with E-state index in [2.05, 4.69) is 42.7 Å². The van der Waals surface area contributed by atoms with Crippen molar-refractivity contribution in [1.29, 1.82) is 0 Å². The highest BCUT2D eigenvalue weighted by Gasteiger charge is 1.91. The van der Waals surface area contributed by atoms with Crippen LogP contribution in [0, 0.1) is 0 Å². The SMILES string of the molecule is C=C=CCC=CCCCCCC=CCCC=CCCC(=O)O. The lowest BCUT2D eigenvalue weighted by Crippen LogP contribution is -1.91. The van der Waals surface area contributed by atoms with Crippen LogP contribution < -0.4 is 0 Å². The second kappa shape index (κ2) is 17.3. The summed E-state index contributed by atoms with van der Waals surface area (Å²) in [5.74, 6) is -0.728. The van der Waals surface area contributed by atoms with Gasteiger partial charge in [-0.3, -0.25) is 4.79 Å². The molecule has 0 aliphatic heterocycles. The van der Waals surface area contributed by atoms with Crippen LogP contribution >= 0.6 is 0 Å². The van der Waals surface area contributed by atoms with Crippen molar-refractivity contribution in [3.8, 4) is 0 Å². The largest absolute Gasteiger partial charge is 0.481 e. The molecule has 0 aliphatic carbocycles. The number of carboxylic acid groups (broad SMARTS) is 1. The molecule has 0 aliphatic rings. The fraction of sp³-hybridized carbons (Fsp3) is 0.500. The number of carboxylic acids is 1. The van der Waals surface area contributed by atoms with Gasteiger partial charge in [-0.25, -0.2) is 0 Å². The molecule has 122 valence electrons. The Bertz CT molecular complexity index is 396. The predicted molar refractivity (Wildman–Crippen MR) is 94.9 cm³/mol. The Labute approximate surface area is 135 Å². The van der Waals surface area contributed by atoms with Crippen LogP contribution in [0.2, 0.25) is 0 Å². The Hall–Kier alpha value is -1.79. The van der Waals surface area contributed by atoms with Crippen molar-refractivity contribution in [3.05, 3.63) is 54.8 Å². The van der Waals surface area contributed by atoms with Gasteiger partial charge in [0.1, 0.15) is 0 Å². The number of aliphatic carboxylic acids is 1. The summed E-state index contributed by atoms with van der Waals surface area (Å²) in [5, 5.41) is 8.48. The second-order valence-electron chi connectivity index (χ2n) is 5.21. The zero-order valence-electron chi connectivity index (χ0n) is 13.7. The average Bonchev–Trinajstić information content (AvgIpc) is 2.50. The van der Waals surface area contributed by atoms with Gasteiger partial charge in [-0.05, 0) is 57.4 Å². The van der Waals surface area contributed by atoms with E-state index >= 15 is 0 Å². The maximum absolute atomic E-state index is 10.3. The number of allylic oxidation sites excluding steroid dienone is 7. The number of carbonyl (C=O) groups is 1. The summed E-state index contributed by atoms with van der Waals surface area (Å²) in [4.78, 5) is 10.3. The minimum atomic E-state index is -0.728. The molecule has 0 bridgehead atoms. The first-order valence-electron chi connectivity index (χ1n) is 8.28. The van der Waals surface area contributed by atoms with Gasteiger partial charge in [0.15, 0.2) is 0 Å². The Kier molecular flexibility index (Phi) is 15.9. The average molecular weight is 302 g/mol. The molecule has 1 N–H and O–H groups in total. The van der Waals surface area contributed by atoms with Crippen molar-refractivity contribution in [2.24, 2.45) is 0 Å². The lowest BCUT2D eigenvalue weighted by atomic mass is 10.1. The summed E-state index contributed by atoms with van der Waals surface area (Å²) < 4.78 is 0. The van der Waals surface area contributed by atoms with Crippen molar-refractivity contribution >= 4 is 5.97 Å². The number of unbranched alkanes of at least 4 members (excludes halogenated alkanes) is 5. The van der Waals surface area contributed by atoms with Crippen LogP contribution in [-0.2, 0) is 4.79 Å². The summed E-state index contributed by atoms with van der Waals surface area (Å²) in [7, 11) is 0. The molecule has 0 amide bonds. The lowest BCUT2D eigenvalue weighted by molar-refractivity contribution is -0.136. The zero-order valence-corrected chi connectivity index (χ0v) is 13.7. The molecule has 0 aromatic carbocycles. The highest BCUT2D eigenvalue weighted by atomic mass is 16.4. The molecule has 0 saturated heterocycles. The van der Waals surface area contributed by atoms with Crippen molar-refractivity contribution in [1.82, 2.24) is 0 Å². The van der Waals surface area contributed by atoms with E-state index in [9.17, 15) is 4.79 Å². The van der Waals surface area contributed by atoms with Gasteiger partial charge in [0.05, 0.1) is 0 Å². The molecule has 22 heavy (non-hydrogen) atoms. The molecule has 0 spiro atoms. The first-order valence-corrected chi connectivity index (χ1v) is 8.28. The molecule has 0 fully saturated rings. The molecule has 0 radical (unpaired) electrons. The third kappa shape index (κ3) is 18.2. The van der Waals surface area contributed by atoms with E-state index in [4.69, 9.17) is 5.11 Å². The molecule has 0 unspecified atom stereocenters. The van der Waals surface area contributed by atoms with E-state index in [0.717, 1.165) is 32.1 Å². The summed E-state index contributed by atoms with van der Waals surface area (Å²) in [5.41, 5.74) is 2.76. The highest BCUT2D eigenvalue weighted by molar-refractivity contribution is 5.66. The molecule has 0 saturated carbocycles. The first-order chi connectivity index (χ1) is 10.8. The number of rotatable bonds is 14. The van der Waals surface area contributed by atoms with Gasteiger partial charge >= 0.3 is 5.97 Å². The number of hydrogen-bond acceptors (Lipinski definition) is 1. The van der Waals surface area contributed by atoms with Crippen LogP contribution in [0.3, 0.4) is 0 Å². The van der Waals surface area contributed by atoms with Gasteiger partial charge in [0.25, 0.3) is 0 Å².